The van der Waals surface area contributed by atoms with Gasteiger partial charge in [-0.15, -0.1) is 0 Å². The minimum Gasteiger partial charge on any atom is -0.545 e. The van der Waals surface area contributed by atoms with Crippen LogP contribution in [0.1, 0.15) is 79.4 Å². The Kier molecular flexibility index (Phi) is 11.1. The number of carbonyl (C=O) groups is 2. The fourth-order valence-electron chi connectivity index (χ4n) is 4.69. The van der Waals surface area contributed by atoms with Gasteiger partial charge in [-0.2, -0.15) is 5.10 Å². The van der Waals surface area contributed by atoms with Crippen molar-refractivity contribution in [2.24, 2.45) is 0 Å². The quantitative estimate of drug-likeness (QED) is 0.394. The first-order valence-corrected chi connectivity index (χ1v) is 13.1. The molecule has 0 radical (unpaired) electrons. The smallest absolute Gasteiger partial charge is 0.545 e. The van der Waals surface area contributed by atoms with Crippen molar-refractivity contribution in [3.63, 3.8) is 0 Å². The molecule has 1 saturated heterocycles. The molecule has 2 heterocycles. The molecule has 0 spiro atoms. The van der Waals surface area contributed by atoms with E-state index in [4.69, 9.17) is 4.74 Å². The summed E-state index contributed by atoms with van der Waals surface area (Å²) in [5.41, 5.74) is 1.64. The first-order chi connectivity index (χ1) is 18.2. The van der Waals surface area contributed by atoms with Gasteiger partial charge in [0.25, 0.3) is 0 Å². The van der Waals surface area contributed by atoms with Gasteiger partial charge in [-0.05, 0) is 56.7 Å². The van der Waals surface area contributed by atoms with Crippen LogP contribution >= 0.6 is 0 Å². The van der Waals surface area contributed by atoms with E-state index in [1.54, 1.807) is 30.6 Å². The number of nitrogens with zero attached hydrogens (tertiary/aromatic N) is 4. The molecule has 9 nitrogen and oxygen atoms in total. The summed E-state index contributed by atoms with van der Waals surface area (Å²) >= 11 is 0. The summed E-state index contributed by atoms with van der Waals surface area (Å²) in [5.74, 6) is -0.465. The van der Waals surface area contributed by atoms with E-state index < -0.39 is 17.7 Å². The Hall–Kier alpha value is -2.72. The average Bonchev–Trinajstić information content (AvgIpc) is 3.35. The second kappa shape index (κ2) is 14.1. The maximum absolute atomic E-state index is 12.5. The van der Waals surface area contributed by atoms with Crippen LogP contribution < -0.4 is 40.0 Å². The number of alkyl carbamates (subject to hydrolysis) is 1. The molecule has 1 amide bonds. The van der Waals surface area contributed by atoms with Crippen molar-refractivity contribution in [2.45, 2.75) is 64.1 Å². The molecular weight excluding hydrogens is 505 g/mol. The van der Waals surface area contributed by atoms with Gasteiger partial charge in [-0.25, -0.2) is 14.5 Å². The molecule has 2 aromatic carbocycles. The first-order valence-electron chi connectivity index (χ1n) is 13.1. The van der Waals surface area contributed by atoms with Gasteiger partial charge in [-0.1, -0.05) is 54.6 Å². The SMILES string of the molecule is CC(C)(C)OC(=O)N[C@@H](CCN1CCC(n2cnc(Cc3ccc(C(=O)[O-])cc3)n2)CC1)c1ccccc1.[Na+]. The van der Waals surface area contributed by atoms with Crippen LogP contribution in [0.2, 0.25) is 0 Å². The Balaban J connectivity index is 0.00000420. The average molecular weight is 542 g/mol. The normalized spacial score (nSPS) is 15.3. The number of piperidine rings is 1. The number of amides is 1. The molecule has 1 N–H and O–H groups in total. The number of nitrogens with one attached hydrogen (secondary N) is 1. The zero-order valence-corrected chi connectivity index (χ0v) is 25.3. The molecule has 1 atom stereocenters. The molecule has 10 heteroatoms. The van der Waals surface area contributed by atoms with Crippen LogP contribution in [0.3, 0.4) is 0 Å². The van der Waals surface area contributed by atoms with E-state index in [2.05, 4.69) is 20.3 Å². The number of carboxylic acids is 1. The van der Waals surface area contributed by atoms with Crippen LogP contribution in [0.25, 0.3) is 0 Å². The largest absolute Gasteiger partial charge is 1.00 e. The van der Waals surface area contributed by atoms with Crippen molar-refractivity contribution in [1.82, 2.24) is 25.0 Å². The van der Waals surface area contributed by atoms with E-state index in [0.29, 0.717) is 12.2 Å². The maximum Gasteiger partial charge on any atom is 1.00 e. The van der Waals surface area contributed by atoms with Crippen molar-refractivity contribution in [3.05, 3.63) is 83.4 Å². The number of ether oxygens (including phenoxy) is 1. The fourth-order valence-corrected chi connectivity index (χ4v) is 4.69. The summed E-state index contributed by atoms with van der Waals surface area (Å²) in [6, 6.07) is 16.8. The molecule has 0 saturated carbocycles. The number of carbonyl (C=O) groups excluding carboxylic acids is 2. The van der Waals surface area contributed by atoms with Crippen molar-refractivity contribution in [3.8, 4) is 0 Å². The summed E-state index contributed by atoms with van der Waals surface area (Å²) in [4.78, 5) is 30.3. The second-order valence-electron chi connectivity index (χ2n) is 10.8. The Labute approximate surface area is 252 Å². The molecule has 4 rings (SSSR count). The van der Waals surface area contributed by atoms with Crippen molar-refractivity contribution < 1.29 is 49.0 Å². The molecule has 1 aromatic heterocycles. The number of likely N-dealkylation sites (tertiary alicyclic amines) is 1. The van der Waals surface area contributed by atoms with E-state index in [-0.39, 0.29) is 47.2 Å². The van der Waals surface area contributed by atoms with Crippen molar-refractivity contribution >= 4 is 12.1 Å². The summed E-state index contributed by atoms with van der Waals surface area (Å²) in [6.07, 6.45) is 4.67. The minimum absolute atomic E-state index is 0. The summed E-state index contributed by atoms with van der Waals surface area (Å²) in [7, 11) is 0. The zero-order chi connectivity index (χ0) is 27.1. The van der Waals surface area contributed by atoms with Crippen LogP contribution in [0, 0.1) is 0 Å². The number of rotatable bonds is 9. The van der Waals surface area contributed by atoms with Gasteiger partial charge in [0.15, 0.2) is 5.82 Å². The molecule has 1 fully saturated rings. The van der Waals surface area contributed by atoms with Crippen molar-refractivity contribution in [2.75, 3.05) is 19.6 Å². The van der Waals surface area contributed by atoms with Crippen LogP contribution in [0.5, 0.6) is 0 Å². The molecule has 0 aliphatic carbocycles. The molecule has 202 valence electrons. The molecule has 1 aliphatic heterocycles. The van der Waals surface area contributed by atoms with Gasteiger partial charge >= 0.3 is 35.7 Å². The molecule has 3 aromatic rings. The van der Waals surface area contributed by atoms with Gasteiger partial charge in [0, 0.05) is 26.1 Å². The number of benzene rings is 2. The summed E-state index contributed by atoms with van der Waals surface area (Å²) in [6.45, 7) is 8.35. The monoisotopic (exact) mass is 541 g/mol. The van der Waals surface area contributed by atoms with Crippen LogP contribution in [0.4, 0.5) is 4.79 Å². The van der Waals surface area contributed by atoms with E-state index in [9.17, 15) is 14.7 Å². The Bertz CT molecular complexity index is 1200. The molecule has 39 heavy (non-hydrogen) atoms. The van der Waals surface area contributed by atoms with Crippen LogP contribution in [0.15, 0.2) is 60.9 Å². The number of aromatic carboxylic acids is 1. The Morgan fingerprint density at radius 3 is 2.36 bits per heavy atom. The number of aromatic nitrogens is 3. The number of hydrogen-bond acceptors (Lipinski definition) is 7. The predicted octanol–water partition coefficient (Wildman–Crippen LogP) is 0.529. The van der Waals surface area contributed by atoms with Gasteiger partial charge in [0.2, 0.25) is 0 Å². The molecule has 1 aliphatic rings. The summed E-state index contributed by atoms with van der Waals surface area (Å²) in [5, 5.41) is 18.7. The third-order valence-corrected chi connectivity index (χ3v) is 6.67. The molecule has 0 bridgehead atoms. The predicted molar refractivity (Wildman–Crippen MR) is 141 cm³/mol. The molecule has 0 unspecified atom stereocenters. The van der Waals surface area contributed by atoms with Gasteiger partial charge < -0.3 is 24.9 Å². The van der Waals surface area contributed by atoms with Gasteiger partial charge in [-0.3, -0.25) is 0 Å². The first kappa shape index (κ1) is 30.8. The second-order valence-corrected chi connectivity index (χ2v) is 10.8. The summed E-state index contributed by atoms with van der Waals surface area (Å²) < 4.78 is 7.45. The van der Waals surface area contributed by atoms with Crippen LogP contribution in [-0.4, -0.2) is 57.0 Å². The standard InChI is InChI=1S/C29H37N5O4.Na/c1-29(2,3)38-28(37)31-25(22-7-5-4-6-8-22)15-18-33-16-13-24(14-17-33)34-20-30-26(32-34)19-21-9-11-23(12-10-21)27(35)36;/h4-12,20,24-25H,13-19H2,1-3H3,(H,31,37)(H,35,36);/q;+1/p-1/t25-;/m0./s1. The number of carboxylic acid groups (broad SMARTS) is 1. The number of hydrogen-bond donors (Lipinski definition) is 1. The maximum atomic E-state index is 12.5. The minimum atomic E-state index is -1.18. The van der Waals surface area contributed by atoms with Crippen molar-refractivity contribution in [1.29, 1.82) is 0 Å². The van der Waals surface area contributed by atoms with Crippen LogP contribution in [-0.2, 0) is 11.2 Å². The Morgan fingerprint density at radius 2 is 1.74 bits per heavy atom. The fraction of sp³-hybridized carbons (Fsp3) is 0.448. The Morgan fingerprint density at radius 1 is 1.08 bits per heavy atom. The van der Waals surface area contributed by atoms with Gasteiger partial charge in [0.05, 0.1) is 18.1 Å². The third kappa shape index (κ3) is 9.46. The van der Waals surface area contributed by atoms with Gasteiger partial charge in [0.1, 0.15) is 11.9 Å². The van der Waals surface area contributed by atoms with E-state index in [1.807, 2.05) is 55.8 Å². The van der Waals surface area contributed by atoms with E-state index in [1.165, 1.54) is 0 Å². The third-order valence-electron chi connectivity index (χ3n) is 6.67. The van der Waals surface area contributed by atoms with E-state index >= 15 is 0 Å². The molecular formula is C29H36N5NaO4. The van der Waals surface area contributed by atoms with E-state index in [0.717, 1.165) is 50.0 Å². The topological polar surface area (TPSA) is 112 Å². The zero-order valence-electron chi connectivity index (χ0n) is 23.3.